The molecule has 0 aromatic heterocycles. The SMILES string of the molecule is COc1c(N2CCOCC2)cc(CCBr)cc1C(C)(C)C. The highest BCUT2D eigenvalue weighted by Crippen LogP contribution is 2.40. The second-order valence-corrected chi connectivity index (χ2v) is 7.28. The molecular weight excluding hydrogens is 330 g/mol. The third-order valence-corrected chi connectivity index (χ3v) is 4.27. The van der Waals surface area contributed by atoms with Gasteiger partial charge in [0.1, 0.15) is 5.75 Å². The standard InChI is InChI=1S/C17H26BrNO2/c1-17(2,3)14-11-13(5-6-18)12-15(16(14)20-4)19-7-9-21-10-8-19/h11-12H,5-10H2,1-4H3. The number of hydrogen-bond acceptors (Lipinski definition) is 3. The largest absolute Gasteiger partial charge is 0.494 e. The van der Waals surface area contributed by atoms with Crippen molar-refractivity contribution in [1.29, 1.82) is 0 Å². The van der Waals surface area contributed by atoms with E-state index in [1.165, 1.54) is 16.8 Å². The van der Waals surface area contributed by atoms with E-state index in [1.54, 1.807) is 7.11 Å². The lowest BCUT2D eigenvalue weighted by atomic mass is 9.84. The molecule has 1 aliphatic rings. The number of ether oxygens (including phenoxy) is 2. The minimum absolute atomic E-state index is 0.0642. The fourth-order valence-electron chi connectivity index (χ4n) is 2.74. The molecule has 0 radical (unpaired) electrons. The molecule has 0 amide bonds. The van der Waals surface area contributed by atoms with E-state index >= 15 is 0 Å². The van der Waals surface area contributed by atoms with Gasteiger partial charge >= 0.3 is 0 Å². The molecule has 0 unspecified atom stereocenters. The zero-order valence-electron chi connectivity index (χ0n) is 13.5. The van der Waals surface area contributed by atoms with E-state index < -0.39 is 0 Å². The van der Waals surface area contributed by atoms with Crippen LogP contribution in [-0.4, -0.2) is 38.7 Å². The monoisotopic (exact) mass is 355 g/mol. The third kappa shape index (κ3) is 3.92. The Morgan fingerprint density at radius 3 is 2.43 bits per heavy atom. The minimum atomic E-state index is 0.0642. The van der Waals surface area contributed by atoms with Crippen LogP contribution >= 0.6 is 15.9 Å². The number of aryl methyl sites for hydroxylation is 1. The Hall–Kier alpha value is -0.740. The van der Waals surface area contributed by atoms with Gasteiger partial charge in [-0.2, -0.15) is 0 Å². The predicted molar refractivity (Wildman–Crippen MR) is 92.2 cm³/mol. The van der Waals surface area contributed by atoms with E-state index in [9.17, 15) is 0 Å². The van der Waals surface area contributed by atoms with Crippen molar-refractivity contribution in [1.82, 2.24) is 0 Å². The Labute approximate surface area is 136 Å². The second kappa shape index (κ2) is 7.01. The summed E-state index contributed by atoms with van der Waals surface area (Å²) in [5, 5.41) is 0.978. The van der Waals surface area contributed by atoms with Gasteiger partial charge in [-0.15, -0.1) is 0 Å². The van der Waals surface area contributed by atoms with E-state index in [2.05, 4.69) is 53.7 Å². The molecule has 4 heteroatoms. The molecular formula is C17H26BrNO2. The van der Waals surface area contributed by atoms with Gasteiger partial charge < -0.3 is 14.4 Å². The van der Waals surface area contributed by atoms with Crippen molar-refractivity contribution < 1.29 is 9.47 Å². The van der Waals surface area contributed by atoms with Crippen LogP contribution in [0.25, 0.3) is 0 Å². The summed E-state index contributed by atoms with van der Waals surface area (Å²) >= 11 is 3.55. The van der Waals surface area contributed by atoms with Crippen LogP contribution in [0.5, 0.6) is 5.75 Å². The van der Waals surface area contributed by atoms with Crippen LogP contribution in [0, 0.1) is 0 Å². The molecule has 0 saturated carbocycles. The molecule has 3 nitrogen and oxygen atoms in total. The molecule has 1 aliphatic heterocycles. The number of rotatable bonds is 4. The summed E-state index contributed by atoms with van der Waals surface area (Å²) in [4.78, 5) is 2.38. The van der Waals surface area contributed by atoms with Crippen LogP contribution in [-0.2, 0) is 16.6 Å². The summed E-state index contributed by atoms with van der Waals surface area (Å²) in [6.45, 7) is 10.2. The third-order valence-electron chi connectivity index (χ3n) is 3.88. The van der Waals surface area contributed by atoms with Gasteiger partial charge in [0.25, 0.3) is 0 Å². The summed E-state index contributed by atoms with van der Waals surface area (Å²) < 4.78 is 11.3. The molecule has 21 heavy (non-hydrogen) atoms. The first-order chi connectivity index (χ1) is 9.97. The molecule has 0 aliphatic carbocycles. The van der Waals surface area contributed by atoms with Gasteiger partial charge in [-0.25, -0.2) is 0 Å². The Morgan fingerprint density at radius 1 is 1.24 bits per heavy atom. The number of methoxy groups -OCH3 is 1. The maximum atomic E-state index is 5.80. The lowest BCUT2D eigenvalue weighted by Crippen LogP contribution is -2.36. The average molecular weight is 356 g/mol. The predicted octanol–water partition coefficient (Wildman–Crippen LogP) is 3.77. The van der Waals surface area contributed by atoms with E-state index in [0.717, 1.165) is 43.8 Å². The van der Waals surface area contributed by atoms with Crippen molar-refractivity contribution in [2.24, 2.45) is 0 Å². The number of anilines is 1. The Morgan fingerprint density at radius 2 is 1.90 bits per heavy atom. The molecule has 0 atom stereocenters. The molecule has 2 rings (SSSR count). The number of nitrogens with zero attached hydrogens (tertiary/aromatic N) is 1. The first-order valence-corrected chi connectivity index (χ1v) is 8.69. The van der Waals surface area contributed by atoms with Gasteiger partial charge in [0.05, 0.1) is 26.0 Å². The van der Waals surface area contributed by atoms with Crippen molar-refractivity contribution in [2.75, 3.05) is 43.6 Å². The molecule has 1 heterocycles. The maximum Gasteiger partial charge on any atom is 0.145 e. The van der Waals surface area contributed by atoms with E-state index in [1.807, 2.05) is 0 Å². The van der Waals surface area contributed by atoms with Crippen LogP contribution in [0.2, 0.25) is 0 Å². The molecule has 1 aromatic rings. The van der Waals surface area contributed by atoms with E-state index in [0.29, 0.717) is 0 Å². The van der Waals surface area contributed by atoms with Crippen LogP contribution in [0.4, 0.5) is 5.69 Å². The quantitative estimate of drug-likeness (QED) is 0.767. The molecule has 0 bridgehead atoms. The molecule has 1 fully saturated rings. The van der Waals surface area contributed by atoms with Crippen LogP contribution in [0.15, 0.2) is 12.1 Å². The second-order valence-electron chi connectivity index (χ2n) is 6.48. The summed E-state index contributed by atoms with van der Waals surface area (Å²) in [6, 6.07) is 4.57. The van der Waals surface area contributed by atoms with Crippen LogP contribution in [0.3, 0.4) is 0 Å². The lowest BCUT2D eigenvalue weighted by Gasteiger charge is -2.33. The Kier molecular flexibility index (Phi) is 5.55. The summed E-state index contributed by atoms with van der Waals surface area (Å²) in [5.74, 6) is 1.02. The Bertz CT molecular complexity index is 476. The normalized spacial score (nSPS) is 16.1. The number of halogens is 1. The number of alkyl halides is 1. The zero-order chi connectivity index (χ0) is 15.5. The molecule has 1 aromatic carbocycles. The minimum Gasteiger partial charge on any atom is -0.494 e. The van der Waals surface area contributed by atoms with Crippen molar-refractivity contribution >= 4 is 21.6 Å². The van der Waals surface area contributed by atoms with Crippen LogP contribution in [0.1, 0.15) is 31.9 Å². The lowest BCUT2D eigenvalue weighted by molar-refractivity contribution is 0.122. The van der Waals surface area contributed by atoms with Crippen LogP contribution < -0.4 is 9.64 Å². The van der Waals surface area contributed by atoms with Crippen molar-refractivity contribution in [3.63, 3.8) is 0 Å². The average Bonchev–Trinajstić information content (AvgIpc) is 2.46. The molecule has 0 spiro atoms. The van der Waals surface area contributed by atoms with Gasteiger partial charge in [0.2, 0.25) is 0 Å². The molecule has 0 N–H and O–H groups in total. The number of morpholine rings is 1. The van der Waals surface area contributed by atoms with Gasteiger partial charge in [0.15, 0.2) is 0 Å². The van der Waals surface area contributed by atoms with Gasteiger partial charge in [0, 0.05) is 24.0 Å². The highest BCUT2D eigenvalue weighted by Gasteiger charge is 2.25. The summed E-state index contributed by atoms with van der Waals surface area (Å²) in [6.07, 6.45) is 1.03. The van der Waals surface area contributed by atoms with Crippen molar-refractivity contribution in [3.8, 4) is 5.75 Å². The number of hydrogen-bond donors (Lipinski definition) is 0. The van der Waals surface area contributed by atoms with Gasteiger partial charge in [-0.1, -0.05) is 42.8 Å². The smallest absolute Gasteiger partial charge is 0.145 e. The number of benzene rings is 1. The zero-order valence-corrected chi connectivity index (χ0v) is 15.1. The van der Waals surface area contributed by atoms with E-state index in [-0.39, 0.29) is 5.41 Å². The molecule has 1 saturated heterocycles. The summed E-state index contributed by atoms with van der Waals surface area (Å²) in [5.41, 5.74) is 3.92. The topological polar surface area (TPSA) is 21.7 Å². The maximum absolute atomic E-state index is 5.80. The first kappa shape index (κ1) is 16.6. The fourth-order valence-corrected chi connectivity index (χ4v) is 3.19. The highest BCUT2D eigenvalue weighted by atomic mass is 79.9. The van der Waals surface area contributed by atoms with Gasteiger partial charge in [-0.3, -0.25) is 0 Å². The molecule has 118 valence electrons. The van der Waals surface area contributed by atoms with Crippen molar-refractivity contribution in [3.05, 3.63) is 23.3 Å². The van der Waals surface area contributed by atoms with E-state index in [4.69, 9.17) is 9.47 Å². The summed E-state index contributed by atoms with van der Waals surface area (Å²) in [7, 11) is 1.78. The highest BCUT2D eigenvalue weighted by molar-refractivity contribution is 9.09. The first-order valence-electron chi connectivity index (χ1n) is 7.57. The van der Waals surface area contributed by atoms with Crippen molar-refractivity contribution in [2.45, 2.75) is 32.6 Å². The Balaban J connectivity index is 2.51. The fraction of sp³-hybridized carbons (Fsp3) is 0.647. The van der Waals surface area contributed by atoms with Gasteiger partial charge in [-0.05, 0) is 23.5 Å².